The molecule has 2 fully saturated rings. The highest BCUT2D eigenvalue weighted by Crippen LogP contribution is 2.27. The van der Waals surface area contributed by atoms with Crippen molar-refractivity contribution in [1.82, 2.24) is 30.1 Å². The van der Waals surface area contributed by atoms with Crippen LogP contribution in [0.1, 0.15) is 12.6 Å². The number of anilines is 1. The molecule has 150 valence electrons. The van der Waals surface area contributed by atoms with Crippen molar-refractivity contribution in [2.24, 2.45) is 0 Å². The van der Waals surface area contributed by atoms with E-state index in [-0.39, 0.29) is 12.5 Å². The molecular formula is C19H21N7O3. The molecule has 0 saturated carbocycles. The van der Waals surface area contributed by atoms with Crippen LogP contribution < -0.4 is 10.2 Å². The summed E-state index contributed by atoms with van der Waals surface area (Å²) in [5, 5.41) is 2.66. The van der Waals surface area contributed by atoms with Crippen molar-refractivity contribution in [2.75, 3.05) is 37.6 Å². The zero-order valence-electron chi connectivity index (χ0n) is 16.0. The first kappa shape index (κ1) is 18.8. The molecule has 2 saturated heterocycles. The van der Waals surface area contributed by atoms with Gasteiger partial charge in [-0.2, -0.15) is 0 Å². The van der Waals surface area contributed by atoms with Gasteiger partial charge in [0, 0.05) is 44.8 Å². The van der Waals surface area contributed by atoms with Crippen LogP contribution in [0.5, 0.6) is 0 Å². The molecule has 10 nitrogen and oxygen atoms in total. The summed E-state index contributed by atoms with van der Waals surface area (Å²) < 4.78 is 0. The number of urea groups is 1. The average Bonchev–Trinajstić information content (AvgIpc) is 2.99. The van der Waals surface area contributed by atoms with Crippen LogP contribution >= 0.6 is 0 Å². The molecule has 2 aliphatic rings. The normalized spacial score (nSPS) is 22.0. The number of carbonyl (C=O) groups is 3. The Hall–Kier alpha value is -3.56. The summed E-state index contributed by atoms with van der Waals surface area (Å²) in [6.45, 7) is 3.41. The summed E-state index contributed by atoms with van der Waals surface area (Å²) in [6, 6.07) is 6.31. The van der Waals surface area contributed by atoms with Gasteiger partial charge in [-0.3, -0.25) is 19.5 Å². The Morgan fingerprint density at radius 2 is 1.72 bits per heavy atom. The topological polar surface area (TPSA) is 112 Å². The first-order valence-corrected chi connectivity index (χ1v) is 9.34. The van der Waals surface area contributed by atoms with E-state index in [0.29, 0.717) is 37.8 Å². The number of rotatable bonds is 4. The van der Waals surface area contributed by atoms with E-state index in [2.05, 4.69) is 20.3 Å². The second-order valence-electron chi connectivity index (χ2n) is 7.08. The van der Waals surface area contributed by atoms with E-state index in [9.17, 15) is 14.4 Å². The van der Waals surface area contributed by atoms with Crippen LogP contribution in [0, 0.1) is 0 Å². The minimum absolute atomic E-state index is 0.271. The maximum absolute atomic E-state index is 12.9. The minimum Gasteiger partial charge on any atom is -0.338 e. The fraction of sp³-hybridized carbons (Fsp3) is 0.368. The maximum Gasteiger partial charge on any atom is 0.325 e. The third-order valence-electron chi connectivity index (χ3n) is 5.21. The Kier molecular flexibility index (Phi) is 4.83. The molecule has 1 atom stereocenters. The zero-order valence-corrected chi connectivity index (χ0v) is 16.0. The van der Waals surface area contributed by atoms with Crippen molar-refractivity contribution in [3.63, 3.8) is 0 Å². The standard InChI is InChI=1S/C19H21N7O3/c1-19(14-5-2-3-6-20-14)16(28)26(18(29)23-19)13-15(27)24-9-11-25(12-10-24)17-21-7-4-8-22-17/h2-8H,9-13H2,1H3,(H,23,29). The smallest absolute Gasteiger partial charge is 0.325 e. The Balaban J connectivity index is 1.39. The fourth-order valence-corrected chi connectivity index (χ4v) is 3.52. The van der Waals surface area contributed by atoms with Gasteiger partial charge in [-0.05, 0) is 25.1 Å². The van der Waals surface area contributed by atoms with E-state index in [0.717, 1.165) is 4.90 Å². The number of carbonyl (C=O) groups excluding carboxylic acids is 3. The van der Waals surface area contributed by atoms with Crippen molar-refractivity contribution < 1.29 is 14.4 Å². The second kappa shape index (κ2) is 7.46. The molecule has 0 spiro atoms. The van der Waals surface area contributed by atoms with Crippen molar-refractivity contribution in [1.29, 1.82) is 0 Å². The summed E-state index contributed by atoms with van der Waals surface area (Å²) in [5.41, 5.74) is -0.841. The second-order valence-corrected chi connectivity index (χ2v) is 7.08. The molecule has 29 heavy (non-hydrogen) atoms. The molecule has 2 aromatic heterocycles. The summed E-state index contributed by atoms with van der Waals surface area (Å²) in [4.78, 5) is 55.3. The molecule has 0 bridgehead atoms. The number of aromatic nitrogens is 3. The highest BCUT2D eigenvalue weighted by atomic mass is 16.2. The fourth-order valence-electron chi connectivity index (χ4n) is 3.52. The molecule has 2 aromatic rings. The third kappa shape index (κ3) is 3.48. The predicted molar refractivity (Wildman–Crippen MR) is 103 cm³/mol. The van der Waals surface area contributed by atoms with Crippen LogP contribution in [0.2, 0.25) is 0 Å². The summed E-state index contributed by atoms with van der Waals surface area (Å²) >= 11 is 0. The average molecular weight is 395 g/mol. The lowest BCUT2D eigenvalue weighted by Crippen LogP contribution is -2.52. The number of piperazine rings is 1. The van der Waals surface area contributed by atoms with E-state index in [1.165, 1.54) is 0 Å². The minimum atomic E-state index is -1.28. The predicted octanol–water partition coefficient (Wildman–Crippen LogP) is -0.0126. The molecule has 1 unspecified atom stereocenters. The van der Waals surface area contributed by atoms with Crippen molar-refractivity contribution in [3.8, 4) is 0 Å². The van der Waals surface area contributed by atoms with Gasteiger partial charge in [0.1, 0.15) is 6.54 Å². The zero-order chi connectivity index (χ0) is 20.4. The molecule has 0 aromatic carbocycles. The van der Waals surface area contributed by atoms with Crippen LogP contribution in [0.4, 0.5) is 10.7 Å². The highest BCUT2D eigenvalue weighted by Gasteiger charge is 2.50. The number of hydrogen-bond acceptors (Lipinski definition) is 7. The number of nitrogens with zero attached hydrogens (tertiary/aromatic N) is 6. The van der Waals surface area contributed by atoms with E-state index < -0.39 is 17.5 Å². The Labute approximate surface area is 167 Å². The van der Waals surface area contributed by atoms with E-state index >= 15 is 0 Å². The summed E-state index contributed by atoms with van der Waals surface area (Å²) in [6.07, 6.45) is 4.91. The molecule has 4 rings (SSSR count). The quantitative estimate of drug-likeness (QED) is 0.725. The monoisotopic (exact) mass is 395 g/mol. The number of imide groups is 1. The van der Waals surface area contributed by atoms with Gasteiger partial charge in [0.2, 0.25) is 11.9 Å². The molecule has 1 N–H and O–H groups in total. The van der Waals surface area contributed by atoms with Gasteiger partial charge in [0.15, 0.2) is 5.54 Å². The van der Waals surface area contributed by atoms with Crippen molar-refractivity contribution in [3.05, 3.63) is 48.5 Å². The lowest BCUT2D eigenvalue weighted by molar-refractivity contribution is -0.139. The maximum atomic E-state index is 12.9. The van der Waals surface area contributed by atoms with Gasteiger partial charge in [-0.15, -0.1) is 0 Å². The SMILES string of the molecule is CC1(c2ccccn2)NC(=O)N(CC(=O)N2CCN(c3ncccn3)CC2)C1=O. The van der Waals surface area contributed by atoms with Gasteiger partial charge < -0.3 is 15.1 Å². The van der Waals surface area contributed by atoms with Crippen LogP contribution in [0.3, 0.4) is 0 Å². The van der Waals surface area contributed by atoms with Crippen LogP contribution in [0.15, 0.2) is 42.9 Å². The van der Waals surface area contributed by atoms with E-state index in [1.54, 1.807) is 54.7 Å². The Morgan fingerprint density at radius 3 is 2.38 bits per heavy atom. The Bertz CT molecular complexity index is 916. The molecule has 10 heteroatoms. The van der Waals surface area contributed by atoms with Gasteiger partial charge in [-0.25, -0.2) is 14.8 Å². The first-order chi connectivity index (χ1) is 14.0. The first-order valence-electron chi connectivity index (χ1n) is 9.34. The largest absolute Gasteiger partial charge is 0.338 e. The lowest BCUT2D eigenvalue weighted by atomic mass is 9.97. The molecule has 4 amide bonds. The number of pyridine rings is 1. The summed E-state index contributed by atoms with van der Waals surface area (Å²) in [7, 11) is 0. The van der Waals surface area contributed by atoms with Crippen molar-refractivity contribution in [2.45, 2.75) is 12.5 Å². The summed E-state index contributed by atoms with van der Waals surface area (Å²) in [5.74, 6) is -0.127. The molecule has 4 heterocycles. The highest BCUT2D eigenvalue weighted by molar-refractivity contribution is 6.08. The molecule has 2 aliphatic heterocycles. The van der Waals surface area contributed by atoms with E-state index in [4.69, 9.17) is 0 Å². The van der Waals surface area contributed by atoms with Crippen LogP contribution in [-0.2, 0) is 15.1 Å². The molecule has 0 aliphatic carbocycles. The number of nitrogens with one attached hydrogen (secondary N) is 1. The number of hydrogen-bond donors (Lipinski definition) is 1. The van der Waals surface area contributed by atoms with Crippen LogP contribution in [0.25, 0.3) is 0 Å². The van der Waals surface area contributed by atoms with Gasteiger partial charge in [0.05, 0.1) is 5.69 Å². The van der Waals surface area contributed by atoms with Gasteiger partial charge in [-0.1, -0.05) is 6.07 Å². The van der Waals surface area contributed by atoms with Gasteiger partial charge >= 0.3 is 6.03 Å². The third-order valence-corrected chi connectivity index (χ3v) is 5.21. The van der Waals surface area contributed by atoms with Gasteiger partial charge in [0.25, 0.3) is 5.91 Å². The number of amides is 4. The van der Waals surface area contributed by atoms with Crippen molar-refractivity contribution >= 4 is 23.8 Å². The molecule has 0 radical (unpaired) electrons. The molecular weight excluding hydrogens is 374 g/mol. The lowest BCUT2D eigenvalue weighted by Gasteiger charge is -2.35. The Morgan fingerprint density at radius 1 is 1.03 bits per heavy atom. The van der Waals surface area contributed by atoms with Crippen LogP contribution in [-0.4, -0.2) is 75.3 Å². The van der Waals surface area contributed by atoms with E-state index in [1.807, 2.05) is 4.90 Å².